The minimum Gasteiger partial charge on any atom is -0.496 e. The zero-order chi connectivity index (χ0) is 26.0. The van der Waals surface area contributed by atoms with Gasteiger partial charge in [0.25, 0.3) is 5.91 Å². The highest BCUT2D eigenvalue weighted by molar-refractivity contribution is 5.97. The van der Waals surface area contributed by atoms with Gasteiger partial charge in [-0.3, -0.25) is 4.79 Å². The molecule has 1 fully saturated rings. The van der Waals surface area contributed by atoms with Crippen molar-refractivity contribution < 1.29 is 23.8 Å². The van der Waals surface area contributed by atoms with Crippen LogP contribution in [0.3, 0.4) is 0 Å². The molecule has 2 atom stereocenters. The van der Waals surface area contributed by atoms with Crippen LogP contribution in [-0.2, 0) is 22.4 Å². The van der Waals surface area contributed by atoms with Crippen molar-refractivity contribution in [2.24, 2.45) is 10.2 Å². The topological polar surface area (TPSA) is 114 Å². The average Bonchev–Trinajstić information content (AvgIpc) is 3.42. The lowest BCUT2D eigenvalue weighted by Gasteiger charge is -2.30. The molecule has 3 aliphatic heterocycles. The first-order valence-electron chi connectivity index (χ1n) is 12.8. The summed E-state index contributed by atoms with van der Waals surface area (Å²) in [7, 11) is 1.55. The fourth-order valence-electron chi connectivity index (χ4n) is 4.34. The molecule has 0 spiro atoms. The molecule has 0 aliphatic carbocycles. The Morgan fingerprint density at radius 3 is 2.97 bits per heavy atom. The summed E-state index contributed by atoms with van der Waals surface area (Å²) >= 11 is 0. The average molecular weight is 510 g/mol. The number of methoxy groups -OCH3 is 1. The molecule has 0 bridgehead atoms. The van der Waals surface area contributed by atoms with E-state index in [4.69, 9.17) is 14.2 Å². The summed E-state index contributed by atoms with van der Waals surface area (Å²) in [6.07, 6.45) is 12.5. The summed E-state index contributed by atoms with van der Waals surface area (Å²) in [6, 6.07) is 3.69. The molecule has 0 saturated carbocycles. The molecule has 2 amide bonds. The smallest absolute Gasteiger partial charge is 0.410 e. The second-order valence-corrected chi connectivity index (χ2v) is 9.15. The summed E-state index contributed by atoms with van der Waals surface area (Å²) < 4.78 is 16.4. The third-order valence-corrected chi connectivity index (χ3v) is 6.41. The van der Waals surface area contributed by atoms with Crippen LogP contribution in [0.2, 0.25) is 0 Å². The van der Waals surface area contributed by atoms with Crippen LogP contribution in [0.5, 0.6) is 5.75 Å². The number of unbranched alkanes of at least 4 members (excludes halogenated alkanes) is 2. The fraction of sp³-hybridized carbons (Fsp3) is 0.481. The van der Waals surface area contributed by atoms with Gasteiger partial charge in [0.2, 0.25) is 0 Å². The molecule has 1 aromatic carbocycles. The Bertz CT molecular complexity index is 1090. The maximum atomic E-state index is 13.2. The summed E-state index contributed by atoms with van der Waals surface area (Å²) in [5, 5.41) is 14.3. The van der Waals surface area contributed by atoms with Crippen molar-refractivity contribution in [1.29, 1.82) is 0 Å². The Morgan fingerprint density at radius 1 is 1.30 bits per heavy atom. The Morgan fingerprint density at radius 2 is 2.19 bits per heavy atom. The molecule has 2 unspecified atom stereocenters. The highest BCUT2D eigenvalue weighted by Gasteiger charge is 2.28. The van der Waals surface area contributed by atoms with E-state index in [2.05, 4.69) is 27.8 Å². The van der Waals surface area contributed by atoms with Crippen molar-refractivity contribution in [2.75, 3.05) is 26.9 Å². The van der Waals surface area contributed by atoms with Crippen molar-refractivity contribution >= 4 is 24.4 Å². The fourth-order valence-corrected chi connectivity index (χ4v) is 4.34. The van der Waals surface area contributed by atoms with E-state index in [-0.39, 0.29) is 18.1 Å². The van der Waals surface area contributed by atoms with E-state index in [1.807, 2.05) is 24.3 Å². The van der Waals surface area contributed by atoms with Gasteiger partial charge >= 0.3 is 6.09 Å². The number of allylic oxidation sites excluding steroid dienone is 3. The Balaban J connectivity index is 1.38. The molecule has 3 aliphatic rings. The number of nitrogens with one attached hydrogen (secondary N) is 2. The van der Waals surface area contributed by atoms with E-state index in [9.17, 15) is 9.59 Å². The van der Waals surface area contributed by atoms with E-state index in [1.54, 1.807) is 30.5 Å². The lowest BCUT2D eigenvalue weighted by molar-refractivity contribution is 0.0516. The Kier molecular flexibility index (Phi) is 9.31. The predicted octanol–water partition coefficient (Wildman–Crippen LogP) is 3.32. The van der Waals surface area contributed by atoms with Gasteiger partial charge in [-0.2, -0.15) is 10.2 Å². The summed E-state index contributed by atoms with van der Waals surface area (Å²) in [5.41, 5.74) is 3.09. The first kappa shape index (κ1) is 26.4. The quantitative estimate of drug-likeness (QED) is 0.300. The van der Waals surface area contributed by atoms with Crippen molar-refractivity contribution in [3.05, 3.63) is 52.7 Å². The number of nitrogens with zero attached hydrogens (tertiary/aromatic N) is 3. The number of hydrogen-bond donors (Lipinski definition) is 2. The molecular weight excluding hydrogens is 474 g/mol. The van der Waals surface area contributed by atoms with Crippen molar-refractivity contribution in [2.45, 2.75) is 57.8 Å². The molecule has 10 heteroatoms. The van der Waals surface area contributed by atoms with Crippen molar-refractivity contribution in [3.8, 4) is 5.75 Å². The highest BCUT2D eigenvalue weighted by atomic mass is 16.6. The maximum Gasteiger partial charge on any atom is 0.410 e. The van der Waals surface area contributed by atoms with Crippen LogP contribution in [0.4, 0.5) is 4.79 Å². The van der Waals surface area contributed by atoms with Gasteiger partial charge in [-0.25, -0.2) is 4.79 Å². The van der Waals surface area contributed by atoms with Crippen LogP contribution in [0.1, 0.15) is 54.1 Å². The summed E-state index contributed by atoms with van der Waals surface area (Å²) in [4.78, 5) is 27.5. The molecule has 0 radical (unpaired) electrons. The number of carbonyl (C=O) groups excluding carboxylic acids is 2. The third kappa shape index (κ3) is 7.19. The largest absolute Gasteiger partial charge is 0.496 e. The standard InChI is InChI=1S/C27H35N5O5/c1-3-4-5-11-28-29-16-21-7-6-8-25(30-21)31-26(33)23-14-20-17-32(12-9-19(20)15-24(23)35-2)27(34)37-22-10-13-36-18-22/h6-8,11,14-16,22,25,30H,3-5,9-10,12-13,17-18H2,1-2H3,(H,31,33). The van der Waals surface area contributed by atoms with Crippen LogP contribution < -0.4 is 15.4 Å². The van der Waals surface area contributed by atoms with Gasteiger partial charge in [-0.15, -0.1) is 0 Å². The number of hydrogen-bond acceptors (Lipinski definition) is 8. The lowest BCUT2D eigenvalue weighted by atomic mass is 9.96. The van der Waals surface area contributed by atoms with Gasteiger partial charge in [0.1, 0.15) is 18.0 Å². The molecule has 198 valence electrons. The van der Waals surface area contributed by atoms with Gasteiger partial charge in [-0.05, 0) is 54.7 Å². The number of benzene rings is 1. The van der Waals surface area contributed by atoms with Gasteiger partial charge in [0.15, 0.2) is 0 Å². The zero-order valence-corrected chi connectivity index (χ0v) is 21.4. The van der Waals surface area contributed by atoms with E-state index in [0.717, 1.165) is 42.5 Å². The van der Waals surface area contributed by atoms with Gasteiger partial charge in [0.05, 0.1) is 37.8 Å². The number of fused-ring (bicyclic) bond motifs is 1. The van der Waals surface area contributed by atoms with Gasteiger partial charge < -0.3 is 29.7 Å². The maximum absolute atomic E-state index is 13.2. The Labute approximate surface area is 217 Å². The molecule has 4 rings (SSSR count). The van der Waals surface area contributed by atoms with Crippen molar-refractivity contribution in [1.82, 2.24) is 15.5 Å². The van der Waals surface area contributed by atoms with Crippen LogP contribution in [0.15, 0.2) is 46.3 Å². The molecule has 3 heterocycles. The first-order chi connectivity index (χ1) is 18.1. The predicted molar refractivity (Wildman–Crippen MR) is 141 cm³/mol. The number of rotatable bonds is 9. The minimum atomic E-state index is -0.427. The molecule has 10 nitrogen and oxygen atoms in total. The summed E-state index contributed by atoms with van der Waals surface area (Å²) in [5.74, 6) is 0.203. The first-order valence-corrected chi connectivity index (χ1v) is 12.8. The van der Waals surface area contributed by atoms with E-state index in [1.165, 1.54) is 0 Å². The van der Waals surface area contributed by atoms with Crippen LogP contribution in [-0.4, -0.2) is 68.5 Å². The molecule has 1 saturated heterocycles. The van der Waals surface area contributed by atoms with E-state index >= 15 is 0 Å². The molecule has 0 aromatic heterocycles. The number of ether oxygens (including phenoxy) is 3. The van der Waals surface area contributed by atoms with Gasteiger partial charge in [-0.1, -0.05) is 19.4 Å². The number of carbonyl (C=O) groups is 2. The van der Waals surface area contributed by atoms with Crippen molar-refractivity contribution in [3.63, 3.8) is 0 Å². The lowest BCUT2D eigenvalue weighted by Crippen LogP contribution is -2.45. The van der Waals surface area contributed by atoms with Gasteiger partial charge in [0, 0.05) is 25.7 Å². The van der Waals surface area contributed by atoms with E-state index in [0.29, 0.717) is 44.0 Å². The molecule has 2 N–H and O–H groups in total. The number of amides is 2. The summed E-state index contributed by atoms with van der Waals surface area (Å²) in [6.45, 7) is 4.10. The monoisotopic (exact) mass is 509 g/mol. The SMILES string of the molecule is CCCCC=NN=CC1=CC=CC(NC(=O)c2cc3c(cc2OC)CCN(C(=O)OC2CCOC2)C3)N1. The molecule has 1 aromatic rings. The highest BCUT2D eigenvalue weighted by Crippen LogP contribution is 2.29. The van der Waals surface area contributed by atoms with Crippen LogP contribution >= 0.6 is 0 Å². The van der Waals surface area contributed by atoms with Crippen LogP contribution in [0, 0.1) is 0 Å². The normalized spacial score (nSPS) is 21.0. The van der Waals surface area contributed by atoms with E-state index < -0.39 is 6.17 Å². The number of dihydropyridines is 1. The second kappa shape index (κ2) is 13.0. The molecule has 37 heavy (non-hydrogen) atoms. The van der Waals surface area contributed by atoms with Crippen LogP contribution in [0.25, 0.3) is 0 Å². The zero-order valence-electron chi connectivity index (χ0n) is 21.4. The third-order valence-electron chi connectivity index (χ3n) is 6.41. The Hall–Kier alpha value is -3.66. The second-order valence-electron chi connectivity index (χ2n) is 9.15. The molecular formula is C27H35N5O5. The minimum absolute atomic E-state index is 0.195.